The number of aryl methyl sites for hydroxylation is 2. The van der Waals surface area contributed by atoms with Crippen LogP contribution in [0.25, 0.3) is 0 Å². The number of benzene rings is 1. The topological polar surface area (TPSA) is 66.5 Å². The van der Waals surface area contributed by atoms with E-state index in [1.54, 1.807) is 12.1 Å². The predicted octanol–water partition coefficient (Wildman–Crippen LogP) is 1.39. The van der Waals surface area contributed by atoms with E-state index in [9.17, 15) is 5.11 Å². The Morgan fingerprint density at radius 1 is 1.29 bits per heavy atom. The van der Waals surface area contributed by atoms with E-state index in [2.05, 4.69) is 0 Å². The molecule has 0 aliphatic carbocycles. The summed E-state index contributed by atoms with van der Waals surface area (Å²) in [5, 5.41) is 18.1. The molecule has 0 aliphatic heterocycles. The number of aromatic hydroxyl groups is 1. The lowest BCUT2D eigenvalue weighted by atomic mass is 9.94. The van der Waals surface area contributed by atoms with Crippen molar-refractivity contribution in [3.8, 4) is 5.75 Å². The van der Waals surface area contributed by atoms with Crippen molar-refractivity contribution in [1.29, 1.82) is 0 Å². The molecule has 0 fully saturated rings. The van der Waals surface area contributed by atoms with Gasteiger partial charge in [0.15, 0.2) is 0 Å². The third kappa shape index (κ3) is 2.25. The zero-order valence-corrected chi connectivity index (χ0v) is 8.62. The van der Waals surface area contributed by atoms with Gasteiger partial charge >= 0.3 is 0 Å². The first kappa shape index (κ1) is 11.0. The summed E-state index contributed by atoms with van der Waals surface area (Å²) >= 11 is 0. The summed E-state index contributed by atoms with van der Waals surface area (Å²) in [6, 6.07) is 3.24. The number of rotatable bonds is 3. The van der Waals surface area contributed by atoms with Gasteiger partial charge in [0.05, 0.1) is 0 Å². The van der Waals surface area contributed by atoms with Gasteiger partial charge in [-0.1, -0.05) is 0 Å². The fourth-order valence-electron chi connectivity index (χ4n) is 1.82. The fourth-order valence-corrected chi connectivity index (χ4v) is 1.82. The van der Waals surface area contributed by atoms with E-state index in [4.69, 9.17) is 10.8 Å². The summed E-state index contributed by atoms with van der Waals surface area (Å²) in [6.45, 7) is 3.92. The van der Waals surface area contributed by atoms with Crippen molar-refractivity contribution < 1.29 is 10.2 Å². The first-order valence-corrected chi connectivity index (χ1v) is 4.72. The molecule has 0 aromatic heterocycles. The molecule has 1 atom stereocenters. The average Bonchev–Trinajstić information content (AvgIpc) is 2.01. The SMILES string of the molecule is Cc1cc(O)cc(C)c1[C@@H](N)CCO. The van der Waals surface area contributed by atoms with Crippen molar-refractivity contribution in [2.24, 2.45) is 5.73 Å². The van der Waals surface area contributed by atoms with Gasteiger partial charge in [-0.2, -0.15) is 0 Å². The molecule has 0 spiro atoms. The van der Waals surface area contributed by atoms with Crippen molar-refractivity contribution >= 4 is 0 Å². The minimum atomic E-state index is -0.152. The van der Waals surface area contributed by atoms with E-state index in [1.807, 2.05) is 13.8 Å². The first-order chi connectivity index (χ1) is 6.56. The van der Waals surface area contributed by atoms with E-state index in [1.165, 1.54) is 0 Å². The molecule has 1 aromatic carbocycles. The van der Waals surface area contributed by atoms with Crippen molar-refractivity contribution in [3.63, 3.8) is 0 Å². The van der Waals surface area contributed by atoms with Crippen LogP contribution in [0.2, 0.25) is 0 Å². The molecule has 0 unspecified atom stereocenters. The van der Waals surface area contributed by atoms with E-state index in [-0.39, 0.29) is 18.4 Å². The van der Waals surface area contributed by atoms with Gasteiger partial charge < -0.3 is 15.9 Å². The van der Waals surface area contributed by atoms with E-state index < -0.39 is 0 Å². The van der Waals surface area contributed by atoms with Gasteiger partial charge in [0.1, 0.15) is 5.75 Å². The van der Waals surface area contributed by atoms with Crippen LogP contribution in [-0.4, -0.2) is 16.8 Å². The molecule has 0 aliphatic rings. The minimum Gasteiger partial charge on any atom is -0.508 e. The van der Waals surface area contributed by atoms with Crippen molar-refractivity contribution in [2.45, 2.75) is 26.3 Å². The van der Waals surface area contributed by atoms with E-state index >= 15 is 0 Å². The monoisotopic (exact) mass is 195 g/mol. The lowest BCUT2D eigenvalue weighted by Crippen LogP contribution is -2.14. The molecule has 0 saturated heterocycles. The quantitative estimate of drug-likeness (QED) is 0.682. The van der Waals surface area contributed by atoms with Crippen LogP contribution in [0.1, 0.15) is 29.2 Å². The van der Waals surface area contributed by atoms with Gasteiger partial charge in [-0.05, 0) is 49.1 Å². The third-order valence-corrected chi connectivity index (χ3v) is 2.39. The number of nitrogens with two attached hydrogens (primary N) is 1. The van der Waals surface area contributed by atoms with Gasteiger partial charge in [-0.15, -0.1) is 0 Å². The van der Waals surface area contributed by atoms with Gasteiger partial charge in [0.2, 0.25) is 0 Å². The highest BCUT2D eigenvalue weighted by Crippen LogP contribution is 2.26. The second kappa shape index (κ2) is 4.44. The zero-order valence-electron chi connectivity index (χ0n) is 8.62. The molecule has 0 radical (unpaired) electrons. The largest absolute Gasteiger partial charge is 0.508 e. The maximum absolute atomic E-state index is 9.34. The molecule has 0 amide bonds. The fraction of sp³-hybridized carbons (Fsp3) is 0.455. The van der Waals surface area contributed by atoms with Gasteiger partial charge in [0.25, 0.3) is 0 Å². The van der Waals surface area contributed by atoms with E-state index in [0.29, 0.717) is 6.42 Å². The Balaban J connectivity index is 3.07. The number of aliphatic hydroxyl groups excluding tert-OH is 1. The molecule has 78 valence electrons. The first-order valence-electron chi connectivity index (χ1n) is 4.72. The van der Waals surface area contributed by atoms with Crippen LogP contribution < -0.4 is 5.73 Å². The Kier molecular flexibility index (Phi) is 3.49. The molecule has 0 heterocycles. The third-order valence-electron chi connectivity index (χ3n) is 2.39. The number of aliphatic hydroxyl groups is 1. The number of phenols is 1. The zero-order chi connectivity index (χ0) is 10.7. The van der Waals surface area contributed by atoms with Gasteiger partial charge in [-0.25, -0.2) is 0 Å². The second-order valence-corrected chi connectivity index (χ2v) is 3.61. The molecule has 0 bridgehead atoms. The predicted molar refractivity (Wildman–Crippen MR) is 56.2 cm³/mol. The van der Waals surface area contributed by atoms with Crippen molar-refractivity contribution in [2.75, 3.05) is 6.61 Å². The lowest BCUT2D eigenvalue weighted by molar-refractivity contribution is 0.276. The van der Waals surface area contributed by atoms with Crippen LogP contribution in [0.15, 0.2) is 12.1 Å². The summed E-state index contributed by atoms with van der Waals surface area (Å²) in [6.07, 6.45) is 0.548. The molecule has 3 heteroatoms. The Bertz CT molecular complexity index is 300. The average molecular weight is 195 g/mol. The summed E-state index contributed by atoms with van der Waals surface area (Å²) in [5.74, 6) is 0.264. The highest BCUT2D eigenvalue weighted by atomic mass is 16.3. The normalized spacial score (nSPS) is 12.9. The Hall–Kier alpha value is -1.06. The summed E-state index contributed by atoms with van der Waals surface area (Å²) in [7, 11) is 0. The highest BCUT2D eigenvalue weighted by molar-refractivity contribution is 5.42. The smallest absolute Gasteiger partial charge is 0.116 e. The molecule has 1 rings (SSSR count). The number of phenolic OH excluding ortho intramolecular Hbond substituents is 1. The summed E-state index contributed by atoms with van der Waals surface area (Å²) in [5.41, 5.74) is 8.89. The molecular weight excluding hydrogens is 178 g/mol. The van der Waals surface area contributed by atoms with Crippen LogP contribution in [0.4, 0.5) is 0 Å². The maximum Gasteiger partial charge on any atom is 0.116 e. The second-order valence-electron chi connectivity index (χ2n) is 3.61. The minimum absolute atomic E-state index is 0.0842. The molecule has 0 saturated carbocycles. The number of hydrogen-bond donors (Lipinski definition) is 3. The maximum atomic E-state index is 9.34. The van der Waals surface area contributed by atoms with Crippen LogP contribution >= 0.6 is 0 Å². The van der Waals surface area contributed by atoms with E-state index in [0.717, 1.165) is 16.7 Å². The molecule has 1 aromatic rings. The van der Waals surface area contributed by atoms with Crippen molar-refractivity contribution in [1.82, 2.24) is 0 Å². The molecule has 14 heavy (non-hydrogen) atoms. The van der Waals surface area contributed by atoms with Gasteiger partial charge in [-0.3, -0.25) is 0 Å². The molecular formula is C11H17NO2. The van der Waals surface area contributed by atoms with Gasteiger partial charge in [0, 0.05) is 12.6 Å². The summed E-state index contributed by atoms with van der Waals surface area (Å²) < 4.78 is 0. The van der Waals surface area contributed by atoms with Crippen LogP contribution in [-0.2, 0) is 0 Å². The van der Waals surface area contributed by atoms with Crippen molar-refractivity contribution in [3.05, 3.63) is 28.8 Å². The lowest BCUT2D eigenvalue weighted by Gasteiger charge is -2.16. The van der Waals surface area contributed by atoms with Crippen LogP contribution in [0.3, 0.4) is 0 Å². The standard InChI is InChI=1S/C11H17NO2/c1-7-5-9(14)6-8(2)11(7)10(12)3-4-13/h5-6,10,13-14H,3-4,12H2,1-2H3/t10-/m0/s1. The van der Waals surface area contributed by atoms with Crippen LogP contribution in [0.5, 0.6) is 5.75 Å². The molecule has 3 nitrogen and oxygen atoms in total. The molecule has 4 N–H and O–H groups in total. The highest BCUT2D eigenvalue weighted by Gasteiger charge is 2.12. The summed E-state index contributed by atoms with van der Waals surface area (Å²) in [4.78, 5) is 0. The van der Waals surface area contributed by atoms with Crippen LogP contribution in [0, 0.1) is 13.8 Å². The Morgan fingerprint density at radius 3 is 2.21 bits per heavy atom. The Labute approximate surface area is 84.2 Å². The Morgan fingerprint density at radius 2 is 1.79 bits per heavy atom. The number of hydrogen-bond acceptors (Lipinski definition) is 3.